The Kier molecular flexibility index (Phi) is 3.76. The Balaban J connectivity index is 1.73. The van der Waals surface area contributed by atoms with Crippen molar-refractivity contribution in [1.29, 1.82) is 0 Å². The number of aliphatic hydroxyl groups excluding tert-OH is 2. The van der Waals surface area contributed by atoms with Crippen molar-refractivity contribution in [3.63, 3.8) is 0 Å². The normalized spacial score (nSPS) is 53.9. The molecule has 0 aromatic carbocycles. The summed E-state index contributed by atoms with van der Waals surface area (Å²) in [4.78, 5) is 12.8. The fourth-order valence-electron chi connectivity index (χ4n) is 6.60. The van der Waals surface area contributed by atoms with E-state index in [1.807, 2.05) is 6.08 Å². The molecule has 4 aliphatic carbocycles. The molecule has 0 saturated heterocycles. The molecule has 4 nitrogen and oxygen atoms in total. The smallest absolute Gasteiger partial charge is 0.167 e. The van der Waals surface area contributed by atoms with Gasteiger partial charge in [-0.25, -0.2) is 0 Å². The van der Waals surface area contributed by atoms with Gasteiger partial charge in [0.15, 0.2) is 5.78 Å². The third-order valence-corrected chi connectivity index (χ3v) is 8.10. The number of fused-ring (bicyclic) bond motifs is 5. The van der Waals surface area contributed by atoms with Gasteiger partial charge in [-0.15, -0.1) is 0 Å². The van der Waals surface area contributed by atoms with Crippen LogP contribution in [0.4, 0.5) is 0 Å². The first kappa shape index (κ1) is 16.7. The summed E-state index contributed by atoms with van der Waals surface area (Å²) >= 11 is 0. The summed E-state index contributed by atoms with van der Waals surface area (Å²) in [6.07, 6.45) is 6.08. The van der Waals surface area contributed by atoms with Gasteiger partial charge in [-0.3, -0.25) is 4.79 Å². The molecular weight excluding hydrogens is 304 g/mol. The Hall–Kier alpha value is -0.710. The molecule has 24 heavy (non-hydrogen) atoms. The van der Waals surface area contributed by atoms with Crippen LogP contribution >= 0.6 is 0 Å². The minimum absolute atomic E-state index is 0.0681. The summed E-state index contributed by atoms with van der Waals surface area (Å²) in [6.45, 7) is 4.41. The van der Waals surface area contributed by atoms with E-state index < -0.39 is 6.10 Å². The van der Waals surface area contributed by atoms with Crippen LogP contribution in [0.1, 0.15) is 52.4 Å². The maximum Gasteiger partial charge on any atom is 0.167 e. The highest BCUT2D eigenvalue weighted by Gasteiger charge is 2.63. The minimum atomic E-state index is -0.503. The maximum absolute atomic E-state index is 12.8. The number of rotatable bonds is 1. The van der Waals surface area contributed by atoms with Crippen LogP contribution in [-0.2, 0) is 9.53 Å². The fourth-order valence-corrected chi connectivity index (χ4v) is 6.60. The lowest BCUT2D eigenvalue weighted by molar-refractivity contribution is -0.140. The van der Waals surface area contributed by atoms with Crippen LogP contribution in [0.25, 0.3) is 0 Å². The first-order chi connectivity index (χ1) is 11.3. The lowest BCUT2D eigenvalue weighted by Crippen LogP contribution is -2.54. The SMILES string of the molecule is COC1C[C@H]2[C@@H]3C(O)C=C4CC(O)CC[C@]4(C)[C@@H]3CC[C@]2(C)C1=O. The maximum atomic E-state index is 12.8. The van der Waals surface area contributed by atoms with Crippen molar-refractivity contribution >= 4 is 5.78 Å². The standard InChI is InChI=1S/C20H30O4/c1-19-6-4-12(21)8-11(19)9-15(22)17-13(19)5-7-20(2)14(17)10-16(24-3)18(20)23/h9,12-17,21-22H,4-8,10H2,1-3H3/t12?,13-,14+,15?,16?,17-,19+,20+/m1/s1. The lowest BCUT2D eigenvalue weighted by Gasteiger charge is -2.57. The zero-order valence-electron chi connectivity index (χ0n) is 15.0. The second-order valence-corrected chi connectivity index (χ2v) is 9.07. The van der Waals surface area contributed by atoms with Crippen LogP contribution in [0.5, 0.6) is 0 Å². The number of methoxy groups -OCH3 is 1. The molecule has 0 radical (unpaired) electrons. The highest BCUT2D eigenvalue weighted by molar-refractivity contribution is 5.91. The second-order valence-electron chi connectivity index (χ2n) is 9.07. The van der Waals surface area contributed by atoms with Gasteiger partial charge in [0.1, 0.15) is 6.10 Å². The predicted molar refractivity (Wildman–Crippen MR) is 90.3 cm³/mol. The van der Waals surface area contributed by atoms with Gasteiger partial charge in [0.05, 0.1) is 12.2 Å². The van der Waals surface area contributed by atoms with Crippen molar-refractivity contribution in [2.75, 3.05) is 7.11 Å². The van der Waals surface area contributed by atoms with Crippen molar-refractivity contribution in [2.24, 2.45) is 28.6 Å². The van der Waals surface area contributed by atoms with Gasteiger partial charge in [-0.1, -0.05) is 25.5 Å². The molecular formula is C20H30O4. The summed E-state index contributed by atoms with van der Waals surface area (Å²) in [5.41, 5.74) is 0.961. The molecule has 134 valence electrons. The van der Waals surface area contributed by atoms with Crippen LogP contribution in [0.15, 0.2) is 11.6 Å². The van der Waals surface area contributed by atoms with Gasteiger partial charge in [-0.2, -0.15) is 0 Å². The molecule has 4 aliphatic rings. The third kappa shape index (κ3) is 2.06. The first-order valence-corrected chi connectivity index (χ1v) is 9.45. The molecule has 3 unspecified atom stereocenters. The van der Waals surface area contributed by atoms with E-state index in [1.165, 1.54) is 5.57 Å². The van der Waals surface area contributed by atoms with E-state index in [0.29, 0.717) is 12.3 Å². The summed E-state index contributed by atoms with van der Waals surface area (Å²) in [6, 6.07) is 0. The zero-order valence-corrected chi connectivity index (χ0v) is 15.0. The lowest BCUT2D eigenvalue weighted by atomic mass is 9.47. The van der Waals surface area contributed by atoms with Crippen molar-refractivity contribution < 1.29 is 19.7 Å². The zero-order chi connectivity index (χ0) is 17.3. The number of carbonyl (C=O) groups excluding carboxylic acids is 1. The van der Waals surface area contributed by atoms with Crippen LogP contribution in [0.2, 0.25) is 0 Å². The Morgan fingerprint density at radius 3 is 2.54 bits per heavy atom. The summed E-state index contributed by atoms with van der Waals surface area (Å²) in [7, 11) is 1.62. The van der Waals surface area contributed by atoms with E-state index in [9.17, 15) is 15.0 Å². The summed E-state index contributed by atoms with van der Waals surface area (Å²) in [5, 5.41) is 21.0. The average Bonchev–Trinajstić information content (AvgIpc) is 2.81. The highest BCUT2D eigenvalue weighted by Crippen LogP contribution is 2.64. The molecule has 0 bridgehead atoms. The van der Waals surface area contributed by atoms with Crippen molar-refractivity contribution in [3.8, 4) is 0 Å². The number of carbonyl (C=O) groups is 1. The van der Waals surface area contributed by atoms with E-state index in [-0.39, 0.29) is 40.7 Å². The molecule has 3 fully saturated rings. The Labute approximate surface area is 144 Å². The van der Waals surface area contributed by atoms with Crippen molar-refractivity contribution in [3.05, 3.63) is 11.6 Å². The highest BCUT2D eigenvalue weighted by atomic mass is 16.5. The largest absolute Gasteiger partial charge is 0.393 e. The van der Waals surface area contributed by atoms with Crippen molar-refractivity contribution in [1.82, 2.24) is 0 Å². The minimum Gasteiger partial charge on any atom is -0.393 e. The Morgan fingerprint density at radius 1 is 1.12 bits per heavy atom. The molecule has 4 heteroatoms. The number of aliphatic hydroxyl groups is 2. The van der Waals surface area contributed by atoms with Gasteiger partial charge in [0.25, 0.3) is 0 Å². The van der Waals surface area contributed by atoms with Crippen LogP contribution < -0.4 is 0 Å². The Morgan fingerprint density at radius 2 is 1.83 bits per heavy atom. The van der Waals surface area contributed by atoms with Crippen molar-refractivity contribution in [2.45, 2.75) is 70.7 Å². The molecule has 3 saturated carbocycles. The topological polar surface area (TPSA) is 66.8 Å². The van der Waals surface area contributed by atoms with Gasteiger partial charge in [-0.05, 0) is 61.7 Å². The molecule has 0 heterocycles. The number of hydrogen-bond donors (Lipinski definition) is 2. The Bertz CT molecular complexity index is 584. The molecule has 0 amide bonds. The monoisotopic (exact) mass is 334 g/mol. The van der Waals surface area contributed by atoms with E-state index in [2.05, 4.69) is 13.8 Å². The van der Waals surface area contributed by atoms with Gasteiger partial charge >= 0.3 is 0 Å². The third-order valence-electron chi connectivity index (χ3n) is 8.10. The van der Waals surface area contributed by atoms with Gasteiger partial charge in [0, 0.05) is 12.5 Å². The number of ether oxygens (including phenoxy) is 1. The molecule has 0 aromatic rings. The quantitative estimate of drug-likeness (QED) is 0.723. The van der Waals surface area contributed by atoms with Crippen LogP contribution in [-0.4, -0.2) is 41.4 Å². The average molecular weight is 334 g/mol. The molecule has 2 N–H and O–H groups in total. The fraction of sp³-hybridized carbons (Fsp3) is 0.850. The molecule has 0 aliphatic heterocycles. The molecule has 4 rings (SSSR count). The molecule has 0 spiro atoms. The number of ketones is 1. The number of hydrogen-bond acceptors (Lipinski definition) is 4. The van der Waals surface area contributed by atoms with Gasteiger partial charge < -0.3 is 14.9 Å². The van der Waals surface area contributed by atoms with Crippen LogP contribution in [0.3, 0.4) is 0 Å². The van der Waals surface area contributed by atoms with Crippen LogP contribution in [0, 0.1) is 28.6 Å². The van der Waals surface area contributed by atoms with E-state index in [1.54, 1.807) is 7.11 Å². The molecule has 0 aromatic heterocycles. The predicted octanol–water partition coefficient (Wildman–Crippen LogP) is 2.47. The van der Waals surface area contributed by atoms with E-state index >= 15 is 0 Å². The van der Waals surface area contributed by atoms with Gasteiger partial charge in [0.2, 0.25) is 0 Å². The summed E-state index contributed by atoms with van der Waals surface area (Å²) in [5.74, 6) is 0.975. The molecule has 8 atom stereocenters. The second kappa shape index (κ2) is 5.39. The first-order valence-electron chi connectivity index (χ1n) is 9.45. The van der Waals surface area contributed by atoms with E-state index in [0.717, 1.165) is 32.1 Å². The van der Waals surface area contributed by atoms with E-state index in [4.69, 9.17) is 4.74 Å². The summed E-state index contributed by atoms with van der Waals surface area (Å²) < 4.78 is 5.46. The number of Topliss-reactive ketones (excluding diaryl/α,β-unsaturated/α-hetero) is 1.